The molecule has 25 heavy (non-hydrogen) atoms. The summed E-state index contributed by atoms with van der Waals surface area (Å²) < 4.78 is 5.16. The van der Waals surface area contributed by atoms with Crippen LogP contribution in [-0.2, 0) is 16.0 Å². The molecule has 1 aromatic carbocycles. The van der Waals surface area contributed by atoms with Crippen LogP contribution >= 0.6 is 11.3 Å². The molecule has 0 fully saturated rings. The zero-order chi connectivity index (χ0) is 18.4. The predicted molar refractivity (Wildman–Crippen MR) is 95.4 cm³/mol. The Morgan fingerprint density at radius 2 is 1.84 bits per heavy atom. The molecule has 0 bridgehead atoms. The number of esters is 1. The Morgan fingerprint density at radius 1 is 1.16 bits per heavy atom. The number of hydrazine groups is 1. The van der Waals surface area contributed by atoms with E-state index in [1.54, 1.807) is 36.4 Å². The average molecular weight is 360 g/mol. The molecule has 1 aromatic heterocycles. The van der Waals surface area contributed by atoms with E-state index >= 15 is 0 Å². The van der Waals surface area contributed by atoms with E-state index in [0.717, 1.165) is 16.9 Å². The van der Waals surface area contributed by atoms with Crippen molar-refractivity contribution in [3.05, 3.63) is 57.3 Å². The molecular formula is C18H20N2O4S. The van der Waals surface area contributed by atoms with Gasteiger partial charge in [0.25, 0.3) is 11.8 Å². The number of aryl methyl sites for hydroxylation is 2. The van der Waals surface area contributed by atoms with Gasteiger partial charge in [-0.1, -0.05) is 25.1 Å². The number of carbonyl (C=O) groups excluding carboxylic acids is 3. The van der Waals surface area contributed by atoms with Crippen molar-refractivity contribution in [2.75, 3.05) is 0 Å². The topological polar surface area (TPSA) is 84.5 Å². The fourth-order valence-corrected chi connectivity index (χ4v) is 3.12. The zero-order valence-electron chi connectivity index (χ0n) is 14.3. The van der Waals surface area contributed by atoms with E-state index in [0.29, 0.717) is 10.4 Å². The van der Waals surface area contributed by atoms with Crippen molar-refractivity contribution in [3.63, 3.8) is 0 Å². The van der Waals surface area contributed by atoms with Gasteiger partial charge in [0.15, 0.2) is 6.10 Å². The maximum Gasteiger partial charge on any atom is 0.349 e. The van der Waals surface area contributed by atoms with Gasteiger partial charge in [0.05, 0.1) is 0 Å². The lowest BCUT2D eigenvalue weighted by atomic mass is 10.2. The summed E-state index contributed by atoms with van der Waals surface area (Å²) >= 11 is 1.36. The van der Waals surface area contributed by atoms with Crippen LogP contribution in [0.25, 0.3) is 0 Å². The lowest BCUT2D eigenvalue weighted by molar-refractivity contribution is -0.129. The van der Waals surface area contributed by atoms with Crippen molar-refractivity contribution in [2.24, 2.45) is 0 Å². The molecule has 2 aromatic rings. The summed E-state index contributed by atoms with van der Waals surface area (Å²) in [5.41, 5.74) is 5.99. The van der Waals surface area contributed by atoms with E-state index in [4.69, 9.17) is 4.74 Å². The summed E-state index contributed by atoms with van der Waals surface area (Å²) in [6, 6.07) is 10.2. The van der Waals surface area contributed by atoms with E-state index in [1.165, 1.54) is 18.3 Å². The van der Waals surface area contributed by atoms with Gasteiger partial charge in [0, 0.05) is 10.4 Å². The van der Waals surface area contributed by atoms with Gasteiger partial charge in [-0.15, -0.1) is 11.3 Å². The lowest BCUT2D eigenvalue weighted by Crippen LogP contribution is -2.46. The first-order valence-corrected chi connectivity index (χ1v) is 8.69. The molecule has 132 valence electrons. The van der Waals surface area contributed by atoms with Gasteiger partial charge in [-0.3, -0.25) is 20.4 Å². The second-order valence-electron chi connectivity index (χ2n) is 5.43. The first-order chi connectivity index (χ1) is 11.9. The molecule has 0 unspecified atom stereocenters. The third-order valence-corrected chi connectivity index (χ3v) is 4.89. The van der Waals surface area contributed by atoms with Crippen molar-refractivity contribution in [1.29, 1.82) is 0 Å². The minimum Gasteiger partial charge on any atom is -0.448 e. The van der Waals surface area contributed by atoms with Crippen LogP contribution in [0, 0.1) is 6.92 Å². The Balaban J connectivity index is 1.87. The quantitative estimate of drug-likeness (QED) is 0.634. The Morgan fingerprint density at radius 3 is 2.44 bits per heavy atom. The monoisotopic (exact) mass is 360 g/mol. The Hall–Kier alpha value is -2.67. The number of hydrogen-bond donors (Lipinski definition) is 2. The van der Waals surface area contributed by atoms with Gasteiger partial charge in [0.2, 0.25) is 0 Å². The number of carbonyl (C=O) groups is 3. The number of thiophene rings is 1. The SMILES string of the molecule is CCc1sc(C(=O)O[C@@H](C)C(=O)NNC(=O)c2ccccc2)cc1C. The number of ether oxygens (including phenoxy) is 1. The minimum absolute atomic E-state index is 0.411. The zero-order valence-corrected chi connectivity index (χ0v) is 15.1. The molecule has 0 radical (unpaired) electrons. The molecule has 2 N–H and O–H groups in total. The van der Waals surface area contributed by atoms with Crippen molar-refractivity contribution in [1.82, 2.24) is 10.9 Å². The summed E-state index contributed by atoms with van der Waals surface area (Å²) in [6.45, 7) is 5.39. The van der Waals surface area contributed by atoms with E-state index in [-0.39, 0.29) is 0 Å². The summed E-state index contributed by atoms with van der Waals surface area (Å²) in [5, 5.41) is 0. The van der Waals surface area contributed by atoms with Crippen LogP contribution in [0.4, 0.5) is 0 Å². The van der Waals surface area contributed by atoms with Crippen LogP contribution in [0.1, 0.15) is 44.3 Å². The van der Waals surface area contributed by atoms with Gasteiger partial charge in [-0.25, -0.2) is 4.79 Å². The van der Waals surface area contributed by atoms with Crippen LogP contribution in [0.2, 0.25) is 0 Å². The largest absolute Gasteiger partial charge is 0.448 e. The van der Waals surface area contributed by atoms with Crippen LogP contribution in [0.15, 0.2) is 36.4 Å². The molecule has 0 aliphatic heterocycles. The Labute approximate surface area is 150 Å². The van der Waals surface area contributed by atoms with Crippen LogP contribution in [-0.4, -0.2) is 23.9 Å². The molecule has 6 nitrogen and oxygen atoms in total. The van der Waals surface area contributed by atoms with Gasteiger partial charge in [-0.2, -0.15) is 0 Å². The molecule has 1 atom stereocenters. The standard InChI is InChI=1S/C18H20N2O4S/c1-4-14-11(2)10-15(25-14)18(23)24-12(3)16(21)19-20-17(22)13-8-6-5-7-9-13/h5-10,12H,4H2,1-3H3,(H,19,21)(H,20,22)/t12-/m0/s1. The van der Waals surface area contributed by atoms with Crippen LogP contribution in [0.3, 0.4) is 0 Å². The number of hydrogen-bond acceptors (Lipinski definition) is 5. The second-order valence-corrected chi connectivity index (χ2v) is 6.56. The summed E-state index contributed by atoms with van der Waals surface area (Å²) in [4.78, 5) is 37.5. The van der Waals surface area contributed by atoms with Crippen molar-refractivity contribution < 1.29 is 19.1 Å². The number of nitrogens with one attached hydrogen (secondary N) is 2. The highest BCUT2D eigenvalue weighted by Crippen LogP contribution is 2.23. The van der Waals surface area contributed by atoms with Crippen LogP contribution < -0.4 is 10.9 Å². The van der Waals surface area contributed by atoms with Crippen molar-refractivity contribution in [3.8, 4) is 0 Å². The smallest absolute Gasteiger partial charge is 0.349 e. The first kappa shape index (κ1) is 18.7. The average Bonchev–Trinajstić information content (AvgIpc) is 3.01. The molecule has 7 heteroatoms. The second kappa shape index (κ2) is 8.43. The molecule has 0 saturated heterocycles. The van der Waals surface area contributed by atoms with E-state index in [1.807, 2.05) is 13.8 Å². The highest BCUT2D eigenvalue weighted by molar-refractivity contribution is 7.14. The maximum atomic E-state index is 12.1. The van der Waals surface area contributed by atoms with E-state index in [2.05, 4.69) is 10.9 Å². The van der Waals surface area contributed by atoms with Crippen molar-refractivity contribution >= 4 is 29.1 Å². The molecule has 0 saturated carbocycles. The highest BCUT2D eigenvalue weighted by Gasteiger charge is 2.21. The molecule has 0 aliphatic rings. The summed E-state index contributed by atoms with van der Waals surface area (Å²) in [7, 11) is 0. The van der Waals surface area contributed by atoms with Crippen molar-refractivity contribution in [2.45, 2.75) is 33.3 Å². The molecule has 1 heterocycles. The van der Waals surface area contributed by atoms with Gasteiger partial charge in [0.1, 0.15) is 4.88 Å². The fraction of sp³-hybridized carbons (Fsp3) is 0.278. The Kier molecular flexibility index (Phi) is 6.30. The maximum absolute atomic E-state index is 12.1. The molecular weight excluding hydrogens is 340 g/mol. The number of amides is 2. The fourth-order valence-electron chi connectivity index (χ4n) is 2.13. The van der Waals surface area contributed by atoms with E-state index in [9.17, 15) is 14.4 Å². The van der Waals surface area contributed by atoms with Gasteiger partial charge in [-0.05, 0) is 44.0 Å². The third kappa shape index (κ3) is 4.90. The highest BCUT2D eigenvalue weighted by atomic mass is 32.1. The summed E-state index contributed by atoms with van der Waals surface area (Å²) in [5.74, 6) is -1.61. The summed E-state index contributed by atoms with van der Waals surface area (Å²) in [6.07, 6.45) is -0.193. The first-order valence-electron chi connectivity index (χ1n) is 7.88. The Bertz CT molecular complexity index is 771. The third-order valence-electron chi connectivity index (χ3n) is 3.53. The van der Waals surface area contributed by atoms with Gasteiger partial charge >= 0.3 is 5.97 Å². The van der Waals surface area contributed by atoms with E-state index < -0.39 is 23.9 Å². The number of rotatable bonds is 5. The molecule has 0 spiro atoms. The molecule has 2 rings (SSSR count). The predicted octanol–water partition coefficient (Wildman–Crippen LogP) is 2.63. The molecule has 0 aliphatic carbocycles. The minimum atomic E-state index is -1.03. The van der Waals surface area contributed by atoms with Gasteiger partial charge < -0.3 is 4.74 Å². The normalized spacial score (nSPS) is 11.5. The van der Waals surface area contributed by atoms with Crippen LogP contribution in [0.5, 0.6) is 0 Å². The lowest BCUT2D eigenvalue weighted by Gasteiger charge is -2.13. The number of benzene rings is 1. The molecule has 2 amide bonds.